The van der Waals surface area contributed by atoms with Crippen LogP contribution in [0.3, 0.4) is 0 Å². The van der Waals surface area contributed by atoms with Crippen LogP contribution in [0.15, 0.2) is 40.8 Å². The van der Waals surface area contributed by atoms with Crippen molar-refractivity contribution in [2.24, 2.45) is 16.0 Å². The van der Waals surface area contributed by atoms with Gasteiger partial charge in [0.25, 0.3) is 0 Å². The third-order valence-corrected chi connectivity index (χ3v) is 11.6. The molecule has 310 valence electrons. The molecule has 10 atom stereocenters. The number of nitrogens with two attached hydrogens (primary N) is 2. The van der Waals surface area contributed by atoms with Crippen molar-refractivity contribution < 1.29 is 71.8 Å². The van der Waals surface area contributed by atoms with Crippen LogP contribution in [0.5, 0.6) is 0 Å². The first-order chi connectivity index (χ1) is 27.4. The highest BCUT2D eigenvalue weighted by Gasteiger charge is 2.48. The van der Waals surface area contributed by atoms with Crippen molar-refractivity contribution in [2.45, 2.75) is 73.9 Å². The number of benzene rings is 1. The molecule has 5 heterocycles. The normalized spacial score (nSPS) is 27.9. The van der Waals surface area contributed by atoms with Crippen LogP contribution in [-0.4, -0.2) is 124 Å². The number of amides is 2. The number of rotatable bonds is 16. The van der Waals surface area contributed by atoms with Crippen molar-refractivity contribution in [2.75, 3.05) is 25.5 Å². The second-order valence-corrected chi connectivity index (χ2v) is 16.2. The number of phosphoric acid groups is 2. The zero-order valence-corrected chi connectivity index (χ0v) is 31.7. The smallest absolute Gasteiger partial charge is 0.387 e. The second-order valence-electron chi connectivity index (χ2n) is 13.1. The molecule has 3 aliphatic heterocycles. The number of aromatic nitrogens is 4. The summed E-state index contributed by atoms with van der Waals surface area (Å²) in [4.78, 5) is 56.7. The molecule has 0 aliphatic carbocycles. The number of phosphoric ester groups is 2. The van der Waals surface area contributed by atoms with E-state index in [1.54, 1.807) is 0 Å². The van der Waals surface area contributed by atoms with Crippen LogP contribution in [0, 0.1) is 24.2 Å². The molecule has 0 spiro atoms. The zero-order chi connectivity index (χ0) is 42.0. The number of nitrogens with one attached hydrogen (secondary N) is 1. The molecule has 58 heavy (non-hydrogen) atoms. The van der Waals surface area contributed by atoms with Gasteiger partial charge in [0.2, 0.25) is 23.3 Å². The Hall–Kier alpha value is -4.75. The van der Waals surface area contributed by atoms with Gasteiger partial charge in [-0.05, 0) is 23.6 Å². The van der Waals surface area contributed by atoms with Crippen LogP contribution in [0.25, 0.3) is 11.2 Å². The zero-order valence-electron chi connectivity index (χ0n) is 29.9. The summed E-state index contributed by atoms with van der Waals surface area (Å²) in [6.07, 6.45) is -4.99. The van der Waals surface area contributed by atoms with Gasteiger partial charge in [0.1, 0.15) is 48.2 Å². The lowest BCUT2D eigenvalue weighted by atomic mass is 10.00. The van der Waals surface area contributed by atoms with Crippen molar-refractivity contribution in [1.82, 2.24) is 24.8 Å². The van der Waals surface area contributed by atoms with E-state index in [1.165, 1.54) is 35.2 Å². The minimum Gasteiger partial charge on any atom is -0.387 e. The fraction of sp³-hybridized carbons (Fsp3) is 0.469. The lowest BCUT2D eigenvalue weighted by molar-refractivity contribution is -0.121. The van der Waals surface area contributed by atoms with Crippen molar-refractivity contribution >= 4 is 44.4 Å². The Kier molecular flexibility index (Phi) is 12.7. The summed E-state index contributed by atoms with van der Waals surface area (Å²) in [6.45, 7) is -1.97. The lowest BCUT2D eigenvalue weighted by Gasteiger charge is -2.20. The first-order valence-corrected chi connectivity index (χ1v) is 20.1. The predicted octanol–water partition coefficient (Wildman–Crippen LogP) is -1.33. The minimum atomic E-state index is -5.46. The monoisotopic (exact) mass is 849 g/mol. The number of anilines is 1. The molecule has 0 bridgehead atoms. The summed E-state index contributed by atoms with van der Waals surface area (Å²) in [5.74, 6) is 6.51. The van der Waals surface area contributed by atoms with Gasteiger partial charge in [-0.15, -0.1) is 12.3 Å². The van der Waals surface area contributed by atoms with Gasteiger partial charge in [-0.25, -0.2) is 24.1 Å². The maximum absolute atomic E-state index is 12.7. The molecule has 26 heteroatoms. The molecule has 11 N–H and O–H groups in total. The minimum absolute atomic E-state index is 0.00924. The number of imidazole rings is 1. The van der Waals surface area contributed by atoms with E-state index in [1.807, 2.05) is 0 Å². The molecule has 2 fully saturated rings. The van der Waals surface area contributed by atoms with Crippen LogP contribution in [0.4, 0.5) is 5.82 Å². The van der Waals surface area contributed by atoms with Gasteiger partial charge in [0.15, 0.2) is 17.7 Å². The fourth-order valence-electron chi connectivity index (χ4n) is 6.01. The van der Waals surface area contributed by atoms with Crippen LogP contribution < -0.4 is 16.8 Å². The first kappa shape index (κ1) is 42.8. The van der Waals surface area contributed by atoms with Gasteiger partial charge in [0, 0.05) is 18.4 Å². The Balaban J connectivity index is 1.02. The quantitative estimate of drug-likeness (QED) is 0.0595. The van der Waals surface area contributed by atoms with Crippen molar-refractivity contribution in [3.63, 3.8) is 0 Å². The summed E-state index contributed by atoms with van der Waals surface area (Å²) in [5, 5.41) is 52.9. The molecule has 6 rings (SSSR count). The van der Waals surface area contributed by atoms with Crippen LogP contribution in [0.2, 0.25) is 0 Å². The van der Waals surface area contributed by atoms with Gasteiger partial charge >= 0.3 is 15.6 Å². The van der Waals surface area contributed by atoms with Crippen molar-refractivity contribution in [3.05, 3.63) is 47.5 Å². The van der Waals surface area contributed by atoms with Gasteiger partial charge in [-0.1, -0.05) is 18.1 Å². The number of fused-ring (bicyclic) bond motifs is 1. The molecule has 2 saturated heterocycles. The molecule has 3 aliphatic rings. The fourth-order valence-corrected chi connectivity index (χ4v) is 8.10. The highest BCUT2D eigenvalue weighted by atomic mass is 31.3. The largest absolute Gasteiger partial charge is 0.481 e. The summed E-state index contributed by atoms with van der Waals surface area (Å²) >= 11 is 0. The third kappa shape index (κ3) is 9.91. The maximum Gasteiger partial charge on any atom is 0.481 e. The predicted molar refractivity (Wildman–Crippen MR) is 193 cm³/mol. The van der Waals surface area contributed by atoms with E-state index in [-0.39, 0.29) is 52.8 Å². The third-order valence-electron chi connectivity index (χ3n) is 9.00. The number of nitrogens with zero attached hydrogens (tertiary/aromatic N) is 6. The van der Waals surface area contributed by atoms with E-state index in [9.17, 15) is 48.9 Å². The van der Waals surface area contributed by atoms with Gasteiger partial charge in [-0.2, -0.15) is 14.5 Å². The number of primary amides is 1. The van der Waals surface area contributed by atoms with E-state index in [0.29, 0.717) is 12.8 Å². The Labute approximate surface area is 327 Å². The average molecular weight is 850 g/mol. The molecule has 6 unspecified atom stereocenters. The van der Waals surface area contributed by atoms with E-state index < -0.39 is 89.4 Å². The SMILES string of the molecule is C#CCCC1(CC(=O)NCC#Cc2nc(N)c3ncn([C@H]4O[C@@H](COP(=O)(O)OP(=O)(O)OC[C@H]5O[C@@H](c6cccc(C(N)=O)c6)C(O)C5O)C(O)C4O)c3n2)N=N1. The maximum atomic E-state index is 12.7. The topological polar surface area (TPSA) is 368 Å². The Morgan fingerprint density at radius 1 is 1.00 bits per heavy atom. The Bertz CT molecular complexity index is 2290. The number of hydrogen-bond donors (Lipinski definition) is 9. The Morgan fingerprint density at radius 3 is 2.33 bits per heavy atom. The summed E-state index contributed by atoms with van der Waals surface area (Å²) in [6, 6.07) is 5.67. The second kappa shape index (κ2) is 17.2. The van der Waals surface area contributed by atoms with E-state index in [2.05, 4.69) is 52.6 Å². The molecule has 24 nitrogen and oxygen atoms in total. The van der Waals surface area contributed by atoms with Gasteiger partial charge < -0.3 is 56.5 Å². The number of terminal acetylenes is 1. The highest BCUT2D eigenvalue weighted by molar-refractivity contribution is 7.61. The van der Waals surface area contributed by atoms with Crippen molar-refractivity contribution in [3.8, 4) is 24.2 Å². The van der Waals surface area contributed by atoms with Crippen LogP contribution in [-0.2, 0) is 36.8 Å². The molecule has 3 aromatic rings. The number of ether oxygens (including phenoxy) is 2. The first-order valence-electron chi connectivity index (χ1n) is 17.1. The number of nitrogen functional groups attached to an aromatic ring is 1. The van der Waals surface area contributed by atoms with E-state index >= 15 is 0 Å². The molecule has 2 amide bonds. The molecule has 1 aromatic carbocycles. The van der Waals surface area contributed by atoms with Crippen LogP contribution >= 0.6 is 15.6 Å². The van der Waals surface area contributed by atoms with Gasteiger partial charge in [-0.3, -0.25) is 23.2 Å². The Morgan fingerprint density at radius 2 is 1.67 bits per heavy atom. The molecule has 0 saturated carbocycles. The molecule has 0 radical (unpaired) electrons. The number of carbonyl (C=O) groups is 2. The molecular weight excluding hydrogens is 812 g/mol. The molecule has 2 aromatic heterocycles. The standard InChI is InChI=1S/C32H37N9O15P2/c1-2-3-9-32(39-40-32)12-21(42)35-10-5-8-20-37-28(33)22-30(38-20)41(15-36-22)31-26(46)24(44)19(55-31)14-53-58(50,51)56-57(48,49)52-13-18-23(43)25(45)27(54-18)16-6-4-7-17(11-16)29(34)47/h1,4,6-7,11,15,18-19,23-27,31,43-46H,3,9-10,12-14H2,(H2,34,47)(H,35,42)(H,48,49)(H,50,51)(H2,33,37,38)/t18-,19+,23?,24?,25?,26?,27+,31+/m1/s1. The number of carbonyl (C=O) groups excluding carboxylic acids is 2. The summed E-state index contributed by atoms with van der Waals surface area (Å²) in [5.41, 5.74) is 10.9. The lowest BCUT2D eigenvalue weighted by Crippen LogP contribution is -2.33. The average Bonchev–Trinajstić information content (AvgIpc) is 3.56. The molecular formula is C32H37N9O15P2. The number of aliphatic hydroxyl groups is 4. The summed E-state index contributed by atoms with van der Waals surface area (Å²) < 4.78 is 51.5. The van der Waals surface area contributed by atoms with Gasteiger partial charge in [0.05, 0.1) is 32.5 Å². The van der Waals surface area contributed by atoms with E-state index in [4.69, 9.17) is 36.4 Å². The highest BCUT2D eigenvalue weighted by Crippen LogP contribution is 2.61. The summed E-state index contributed by atoms with van der Waals surface area (Å²) in [7, 11) is -10.9. The van der Waals surface area contributed by atoms with Crippen LogP contribution in [0.1, 0.15) is 53.3 Å². The van der Waals surface area contributed by atoms with Crippen molar-refractivity contribution in [1.29, 1.82) is 0 Å². The van der Waals surface area contributed by atoms with E-state index in [0.717, 1.165) is 0 Å². The number of hydrogen-bond acceptors (Lipinski definition) is 19. The number of aliphatic hydroxyl groups excluding tert-OH is 4.